The van der Waals surface area contributed by atoms with E-state index in [0.29, 0.717) is 6.42 Å². The van der Waals surface area contributed by atoms with Crippen LogP contribution in [0.5, 0.6) is 0 Å². The minimum absolute atomic E-state index is 0.0682. The quantitative estimate of drug-likeness (QED) is 0.699. The smallest absolute Gasteiger partial charge is 0.312 e. The first-order chi connectivity index (χ1) is 5.43. The van der Waals surface area contributed by atoms with E-state index >= 15 is 0 Å². The Morgan fingerprint density at radius 3 is 2.00 bits per heavy atom. The molecule has 2 atom stereocenters. The molecule has 0 aliphatic heterocycles. The predicted octanol–water partition coefficient (Wildman–Crippen LogP) is 3.31. The Kier molecular flexibility index (Phi) is 3.69. The van der Waals surface area contributed by atoms with E-state index in [0.717, 1.165) is 0 Å². The maximum absolute atomic E-state index is 10.9. The third-order valence-electron chi connectivity index (χ3n) is 2.15. The van der Waals surface area contributed by atoms with E-state index in [2.05, 4.69) is 63.7 Å². The Morgan fingerprint density at radius 1 is 1.42 bits per heavy atom. The molecule has 70 valence electrons. The molecule has 1 N–H and O–H groups in total. The van der Waals surface area contributed by atoms with Crippen molar-refractivity contribution in [2.45, 2.75) is 13.9 Å². The third-order valence-corrected chi connectivity index (χ3v) is 5.06. The lowest BCUT2D eigenvalue weighted by atomic mass is 10.1. The molecule has 1 saturated carbocycles. The second-order valence-corrected chi connectivity index (χ2v) is 9.05. The van der Waals surface area contributed by atoms with Crippen molar-refractivity contribution in [1.29, 1.82) is 0 Å². The topological polar surface area (TPSA) is 37.3 Å². The molecule has 1 aliphatic rings. The van der Waals surface area contributed by atoms with E-state index in [9.17, 15) is 4.79 Å². The fraction of sp³-hybridized carbons (Fsp3) is 0.833. The first-order valence-corrected chi connectivity index (χ1v) is 6.89. The summed E-state index contributed by atoms with van der Waals surface area (Å²) in [6, 6.07) is 0. The van der Waals surface area contributed by atoms with E-state index in [4.69, 9.17) is 5.11 Å². The van der Waals surface area contributed by atoms with E-state index < -0.39 is 11.4 Å². The first kappa shape index (κ1) is 11.5. The second kappa shape index (κ2) is 3.87. The lowest BCUT2D eigenvalue weighted by Crippen LogP contribution is -2.25. The zero-order chi connectivity index (χ0) is 9.52. The standard InChI is InChI=1S/C6H6Br4O2/c7-3(8)2-1-6(2,4(9)10)5(11)12/h2-4H,1H2,(H,11,12). The Balaban J connectivity index is 2.76. The predicted molar refractivity (Wildman–Crippen MR) is 61.5 cm³/mol. The highest BCUT2D eigenvalue weighted by Crippen LogP contribution is 2.63. The van der Waals surface area contributed by atoms with Crippen molar-refractivity contribution in [3.8, 4) is 0 Å². The third kappa shape index (κ3) is 1.77. The van der Waals surface area contributed by atoms with Gasteiger partial charge in [0.15, 0.2) is 0 Å². The van der Waals surface area contributed by atoms with Crippen molar-refractivity contribution < 1.29 is 9.90 Å². The number of hydrogen-bond acceptors (Lipinski definition) is 1. The zero-order valence-electron chi connectivity index (χ0n) is 5.81. The van der Waals surface area contributed by atoms with Crippen LogP contribution in [0.15, 0.2) is 0 Å². The van der Waals surface area contributed by atoms with Crippen LogP contribution >= 0.6 is 63.7 Å². The maximum Gasteiger partial charge on any atom is 0.312 e. The summed E-state index contributed by atoms with van der Waals surface area (Å²) < 4.78 is -0.101. The number of carboxylic acid groups (broad SMARTS) is 1. The maximum atomic E-state index is 10.9. The number of halogens is 4. The van der Waals surface area contributed by atoms with Crippen LogP contribution in [0.1, 0.15) is 6.42 Å². The van der Waals surface area contributed by atoms with Gasteiger partial charge in [-0.15, -0.1) is 0 Å². The van der Waals surface area contributed by atoms with Gasteiger partial charge in [0, 0.05) is 5.92 Å². The van der Waals surface area contributed by atoms with Crippen molar-refractivity contribution in [2.75, 3.05) is 0 Å². The van der Waals surface area contributed by atoms with Crippen molar-refractivity contribution in [2.24, 2.45) is 11.3 Å². The second-order valence-electron chi connectivity index (χ2n) is 2.79. The van der Waals surface area contributed by atoms with Gasteiger partial charge in [0.1, 0.15) is 0 Å². The number of aliphatic carboxylic acids is 1. The molecule has 1 aliphatic carbocycles. The molecule has 0 bridgehead atoms. The normalized spacial score (nSPS) is 34.3. The molecule has 0 heterocycles. The monoisotopic (exact) mass is 426 g/mol. The Labute approximate surface area is 104 Å². The van der Waals surface area contributed by atoms with Gasteiger partial charge in [0.2, 0.25) is 0 Å². The minimum Gasteiger partial charge on any atom is -0.481 e. The number of carboxylic acids is 1. The highest BCUT2D eigenvalue weighted by Gasteiger charge is 2.65. The number of hydrogen-bond donors (Lipinski definition) is 1. The molecule has 0 aromatic heterocycles. The Hall–Kier alpha value is 1.39. The van der Waals surface area contributed by atoms with Gasteiger partial charge in [-0.2, -0.15) is 0 Å². The van der Waals surface area contributed by atoms with E-state index in [1.54, 1.807) is 0 Å². The van der Waals surface area contributed by atoms with Crippen LogP contribution in [0.3, 0.4) is 0 Å². The summed E-state index contributed by atoms with van der Waals surface area (Å²) in [5.41, 5.74) is -0.655. The first-order valence-electron chi connectivity index (χ1n) is 3.22. The summed E-state index contributed by atoms with van der Waals surface area (Å²) in [6.45, 7) is 0. The van der Waals surface area contributed by atoms with Gasteiger partial charge in [0.05, 0.1) is 12.9 Å². The summed E-state index contributed by atoms with van der Waals surface area (Å²) in [4.78, 5) is 10.9. The molecule has 2 unspecified atom stereocenters. The van der Waals surface area contributed by atoms with Crippen LogP contribution < -0.4 is 0 Å². The summed E-state index contributed by atoms with van der Waals surface area (Å²) in [6.07, 6.45) is 0.685. The number of alkyl halides is 4. The minimum atomic E-state index is -0.754. The van der Waals surface area contributed by atoms with Gasteiger partial charge < -0.3 is 5.11 Å². The zero-order valence-corrected chi connectivity index (χ0v) is 12.2. The van der Waals surface area contributed by atoms with Crippen LogP contribution in [0.4, 0.5) is 0 Å². The Bertz CT molecular complexity index is 206. The van der Waals surface area contributed by atoms with E-state index in [1.807, 2.05) is 0 Å². The molecule has 2 nitrogen and oxygen atoms in total. The van der Waals surface area contributed by atoms with Gasteiger partial charge >= 0.3 is 5.97 Å². The average molecular weight is 430 g/mol. The van der Waals surface area contributed by atoms with Gasteiger partial charge in [0.25, 0.3) is 0 Å². The summed E-state index contributed by atoms with van der Waals surface area (Å²) in [5.74, 6) is -0.617. The molecule has 6 heteroatoms. The van der Waals surface area contributed by atoms with E-state index in [-0.39, 0.29) is 13.4 Å². The highest BCUT2D eigenvalue weighted by atomic mass is 79.9. The highest BCUT2D eigenvalue weighted by molar-refractivity contribution is 9.25. The number of carbonyl (C=O) groups is 1. The lowest BCUT2D eigenvalue weighted by molar-refractivity contribution is -0.143. The molecule has 0 spiro atoms. The van der Waals surface area contributed by atoms with Crippen LogP contribution in [-0.4, -0.2) is 18.5 Å². The largest absolute Gasteiger partial charge is 0.481 e. The van der Waals surface area contributed by atoms with Crippen LogP contribution in [0.2, 0.25) is 0 Å². The lowest BCUT2D eigenvalue weighted by Gasteiger charge is -2.13. The Morgan fingerprint density at radius 2 is 1.92 bits per heavy atom. The van der Waals surface area contributed by atoms with Crippen LogP contribution in [-0.2, 0) is 4.79 Å². The summed E-state index contributed by atoms with van der Waals surface area (Å²) in [7, 11) is 0. The van der Waals surface area contributed by atoms with E-state index in [1.165, 1.54) is 0 Å². The fourth-order valence-electron chi connectivity index (χ4n) is 1.21. The van der Waals surface area contributed by atoms with Gasteiger partial charge in [-0.1, -0.05) is 63.7 Å². The van der Waals surface area contributed by atoms with Crippen molar-refractivity contribution in [3.63, 3.8) is 0 Å². The molecule has 1 fully saturated rings. The molecular weight excluding hydrogens is 424 g/mol. The van der Waals surface area contributed by atoms with Gasteiger partial charge in [-0.3, -0.25) is 4.79 Å². The molecule has 1 rings (SSSR count). The SMILES string of the molecule is O=C(O)C1(C(Br)Br)CC1C(Br)Br. The van der Waals surface area contributed by atoms with Crippen LogP contribution in [0, 0.1) is 11.3 Å². The van der Waals surface area contributed by atoms with Crippen molar-refractivity contribution in [1.82, 2.24) is 0 Å². The summed E-state index contributed by atoms with van der Waals surface area (Å²) in [5, 5.41) is 8.99. The van der Waals surface area contributed by atoms with Crippen molar-refractivity contribution in [3.05, 3.63) is 0 Å². The van der Waals surface area contributed by atoms with Gasteiger partial charge in [-0.05, 0) is 6.42 Å². The molecule has 0 saturated heterocycles. The molecule has 0 amide bonds. The molecule has 12 heavy (non-hydrogen) atoms. The fourth-order valence-corrected chi connectivity index (χ4v) is 3.97. The molecular formula is C6H6Br4O2. The summed E-state index contributed by atoms with van der Waals surface area (Å²) >= 11 is 13.2. The van der Waals surface area contributed by atoms with Crippen molar-refractivity contribution >= 4 is 69.7 Å². The average Bonchev–Trinajstić information content (AvgIpc) is 2.60. The molecule has 0 aromatic rings. The van der Waals surface area contributed by atoms with Crippen LogP contribution in [0.25, 0.3) is 0 Å². The van der Waals surface area contributed by atoms with Gasteiger partial charge in [-0.25, -0.2) is 0 Å². The number of rotatable bonds is 3. The molecule has 0 aromatic carbocycles. The molecule has 0 radical (unpaired) electrons.